The summed E-state index contributed by atoms with van der Waals surface area (Å²) in [5, 5.41) is 16.9. The quantitative estimate of drug-likeness (QED) is 0.555. The maximum atomic E-state index is 8.56. The van der Waals surface area contributed by atoms with E-state index in [1.54, 1.807) is 11.8 Å². The number of aliphatic hydroxyl groups is 2. The van der Waals surface area contributed by atoms with Gasteiger partial charge in [0.1, 0.15) is 0 Å². The second-order valence-corrected chi connectivity index (χ2v) is 3.24. The molecule has 0 aromatic carbocycles. The molecule has 0 aliphatic carbocycles. The molecule has 0 aliphatic heterocycles. The van der Waals surface area contributed by atoms with E-state index in [-0.39, 0.29) is 13.2 Å². The van der Waals surface area contributed by atoms with Crippen LogP contribution in [-0.2, 0) is 0 Å². The third kappa shape index (κ3) is 6.15. The lowest BCUT2D eigenvalue weighted by Gasteiger charge is -2.04. The van der Waals surface area contributed by atoms with Crippen LogP contribution in [0.5, 0.6) is 0 Å². The molecule has 0 saturated heterocycles. The Bertz CT molecular complexity index is 59.0. The van der Waals surface area contributed by atoms with Crippen molar-refractivity contribution in [2.24, 2.45) is 5.92 Å². The lowest BCUT2D eigenvalue weighted by molar-refractivity contribution is 0.250. The fourth-order valence-electron chi connectivity index (χ4n) is 0.402. The number of aliphatic hydroxyl groups excluding tert-OH is 2. The van der Waals surface area contributed by atoms with E-state index in [0.717, 1.165) is 11.5 Å². The predicted molar refractivity (Wildman–Crippen MR) is 40.7 cm³/mol. The van der Waals surface area contributed by atoms with E-state index in [1.165, 1.54) is 0 Å². The van der Waals surface area contributed by atoms with E-state index in [4.69, 9.17) is 10.2 Å². The molecule has 0 aliphatic rings. The van der Waals surface area contributed by atoms with E-state index >= 15 is 0 Å². The van der Waals surface area contributed by atoms with Crippen molar-refractivity contribution in [3.8, 4) is 0 Å². The molecule has 9 heavy (non-hydrogen) atoms. The van der Waals surface area contributed by atoms with Crippen molar-refractivity contribution in [2.75, 3.05) is 24.7 Å². The first-order chi connectivity index (χ1) is 4.31. The van der Waals surface area contributed by atoms with Gasteiger partial charge in [-0.05, 0) is 11.7 Å². The minimum atomic E-state index is 0.239. The molecule has 1 atom stereocenters. The molecule has 3 heteroatoms. The van der Waals surface area contributed by atoms with E-state index < -0.39 is 0 Å². The molecule has 0 rings (SSSR count). The Morgan fingerprint density at radius 2 is 2.11 bits per heavy atom. The first-order valence-electron chi connectivity index (χ1n) is 3.10. The molecule has 0 aromatic heterocycles. The molecule has 0 saturated carbocycles. The average molecular weight is 150 g/mol. The van der Waals surface area contributed by atoms with Crippen molar-refractivity contribution in [3.05, 3.63) is 0 Å². The summed E-state index contributed by atoms with van der Waals surface area (Å²) in [6.07, 6.45) is 0. The van der Waals surface area contributed by atoms with Gasteiger partial charge in [-0.15, -0.1) is 0 Å². The summed E-state index contributed by atoms with van der Waals surface area (Å²) >= 11 is 1.68. The molecule has 56 valence electrons. The minimum absolute atomic E-state index is 0.239. The zero-order valence-corrected chi connectivity index (χ0v) is 6.52. The van der Waals surface area contributed by atoms with Crippen molar-refractivity contribution < 1.29 is 10.2 Å². The van der Waals surface area contributed by atoms with E-state index in [2.05, 4.69) is 0 Å². The maximum absolute atomic E-state index is 8.56. The number of thioether (sulfide) groups is 1. The number of hydrogen-bond donors (Lipinski definition) is 2. The molecule has 0 heterocycles. The van der Waals surface area contributed by atoms with E-state index in [1.807, 2.05) is 6.92 Å². The van der Waals surface area contributed by atoms with Crippen molar-refractivity contribution in [3.63, 3.8) is 0 Å². The van der Waals surface area contributed by atoms with Crippen LogP contribution < -0.4 is 0 Å². The zero-order chi connectivity index (χ0) is 7.11. The largest absolute Gasteiger partial charge is 0.396 e. The molecule has 0 fully saturated rings. The molecule has 2 nitrogen and oxygen atoms in total. The Labute approximate surface area is 60.3 Å². The van der Waals surface area contributed by atoms with Crippen molar-refractivity contribution in [2.45, 2.75) is 6.92 Å². The van der Waals surface area contributed by atoms with Gasteiger partial charge in [-0.1, -0.05) is 6.92 Å². The third-order valence-corrected chi connectivity index (χ3v) is 2.23. The van der Waals surface area contributed by atoms with Gasteiger partial charge in [0, 0.05) is 12.4 Å². The van der Waals surface area contributed by atoms with Gasteiger partial charge in [0.05, 0.1) is 6.61 Å². The van der Waals surface area contributed by atoms with Crippen LogP contribution >= 0.6 is 11.8 Å². The Morgan fingerprint density at radius 3 is 2.56 bits per heavy atom. The number of hydrogen-bond acceptors (Lipinski definition) is 3. The van der Waals surface area contributed by atoms with Gasteiger partial charge in [-0.3, -0.25) is 0 Å². The highest BCUT2D eigenvalue weighted by Gasteiger charge is 1.97. The first kappa shape index (κ1) is 9.27. The topological polar surface area (TPSA) is 40.5 Å². The Morgan fingerprint density at radius 1 is 1.44 bits per heavy atom. The fraction of sp³-hybridized carbons (Fsp3) is 1.00. The van der Waals surface area contributed by atoms with Crippen LogP contribution in [0, 0.1) is 5.92 Å². The summed E-state index contributed by atoms with van der Waals surface area (Å²) in [4.78, 5) is 0. The predicted octanol–water partition coefficient (Wildman–Crippen LogP) is 0.340. The second kappa shape index (κ2) is 6.39. The average Bonchev–Trinajstić information content (AvgIpc) is 1.89. The molecule has 0 amide bonds. The van der Waals surface area contributed by atoms with Crippen LogP contribution in [-0.4, -0.2) is 34.9 Å². The van der Waals surface area contributed by atoms with Gasteiger partial charge in [0.25, 0.3) is 0 Å². The smallest absolute Gasteiger partial charge is 0.0521 e. The van der Waals surface area contributed by atoms with Crippen LogP contribution in [0.4, 0.5) is 0 Å². The van der Waals surface area contributed by atoms with Crippen molar-refractivity contribution in [1.29, 1.82) is 0 Å². The zero-order valence-electron chi connectivity index (χ0n) is 5.71. The maximum Gasteiger partial charge on any atom is 0.0521 e. The Kier molecular flexibility index (Phi) is 6.58. The molecule has 0 spiro atoms. The lowest BCUT2D eigenvalue weighted by atomic mass is 10.2. The molecular weight excluding hydrogens is 136 g/mol. The SMILES string of the molecule is CC(CO)CSCCO. The lowest BCUT2D eigenvalue weighted by Crippen LogP contribution is -2.04. The molecule has 0 radical (unpaired) electrons. The summed E-state index contributed by atoms with van der Waals surface area (Å²) in [6.45, 7) is 2.48. The van der Waals surface area contributed by atoms with Gasteiger partial charge in [-0.25, -0.2) is 0 Å². The highest BCUT2D eigenvalue weighted by molar-refractivity contribution is 7.99. The Hall–Kier alpha value is 0.270. The molecule has 2 N–H and O–H groups in total. The number of rotatable bonds is 5. The van der Waals surface area contributed by atoms with Gasteiger partial charge >= 0.3 is 0 Å². The van der Waals surface area contributed by atoms with Crippen LogP contribution in [0.2, 0.25) is 0 Å². The van der Waals surface area contributed by atoms with Crippen molar-refractivity contribution in [1.82, 2.24) is 0 Å². The fourth-order valence-corrected chi connectivity index (χ4v) is 1.21. The monoisotopic (exact) mass is 150 g/mol. The van der Waals surface area contributed by atoms with Gasteiger partial charge in [0.2, 0.25) is 0 Å². The molecule has 0 aromatic rings. The second-order valence-electron chi connectivity index (χ2n) is 2.09. The minimum Gasteiger partial charge on any atom is -0.396 e. The van der Waals surface area contributed by atoms with Crippen LogP contribution in [0.15, 0.2) is 0 Å². The van der Waals surface area contributed by atoms with Crippen LogP contribution in [0.25, 0.3) is 0 Å². The first-order valence-corrected chi connectivity index (χ1v) is 4.26. The summed E-state index contributed by atoms with van der Waals surface area (Å²) in [5.41, 5.74) is 0. The van der Waals surface area contributed by atoms with Crippen molar-refractivity contribution >= 4 is 11.8 Å². The summed E-state index contributed by atoms with van der Waals surface area (Å²) in [6, 6.07) is 0. The normalized spacial score (nSPS) is 13.7. The molecule has 1 unspecified atom stereocenters. The molecule has 0 bridgehead atoms. The molecular formula is C6H14O2S. The summed E-state index contributed by atoms with van der Waals surface area (Å²) in [7, 11) is 0. The van der Waals surface area contributed by atoms with Gasteiger partial charge in [0.15, 0.2) is 0 Å². The van der Waals surface area contributed by atoms with Crippen LogP contribution in [0.3, 0.4) is 0 Å². The van der Waals surface area contributed by atoms with E-state index in [0.29, 0.717) is 5.92 Å². The highest BCUT2D eigenvalue weighted by Crippen LogP contribution is 2.05. The standard InChI is InChI=1S/C6H14O2S/c1-6(4-8)5-9-3-2-7/h6-8H,2-5H2,1H3. The third-order valence-electron chi connectivity index (χ3n) is 0.950. The van der Waals surface area contributed by atoms with Gasteiger partial charge in [-0.2, -0.15) is 11.8 Å². The van der Waals surface area contributed by atoms with E-state index in [9.17, 15) is 0 Å². The summed E-state index contributed by atoms with van der Waals surface area (Å²) in [5.74, 6) is 2.09. The Balaban J connectivity index is 2.88. The van der Waals surface area contributed by atoms with Gasteiger partial charge < -0.3 is 10.2 Å². The van der Waals surface area contributed by atoms with Crippen LogP contribution in [0.1, 0.15) is 6.92 Å². The highest BCUT2D eigenvalue weighted by atomic mass is 32.2. The summed E-state index contributed by atoms with van der Waals surface area (Å²) < 4.78 is 0.